The number of phenols is 1. The lowest BCUT2D eigenvalue weighted by Gasteiger charge is -2.03. The standard InChI is InChI=1S/C12H15N3O2/c1-7-10(12(17)14-6-5-13)8-3-2-4-9(16)11(8)15-7/h2-4,15-16H,5-6,13H2,1H3,(H,14,17). The first-order valence-corrected chi connectivity index (χ1v) is 5.43. The number of H-pyrrole nitrogens is 1. The van der Waals surface area contributed by atoms with Gasteiger partial charge >= 0.3 is 0 Å². The van der Waals surface area contributed by atoms with Crippen LogP contribution in [-0.2, 0) is 0 Å². The van der Waals surface area contributed by atoms with Gasteiger partial charge in [0.05, 0.1) is 11.1 Å². The lowest BCUT2D eigenvalue weighted by Crippen LogP contribution is -2.29. The summed E-state index contributed by atoms with van der Waals surface area (Å²) >= 11 is 0. The number of hydrogen-bond donors (Lipinski definition) is 4. The van der Waals surface area contributed by atoms with Gasteiger partial charge in [0.25, 0.3) is 5.91 Å². The smallest absolute Gasteiger partial charge is 0.253 e. The summed E-state index contributed by atoms with van der Waals surface area (Å²) in [5, 5.41) is 13.1. The van der Waals surface area contributed by atoms with Crippen LogP contribution < -0.4 is 11.1 Å². The lowest BCUT2D eigenvalue weighted by molar-refractivity contribution is 0.0956. The Kier molecular flexibility index (Phi) is 3.01. The van der Waals surface area contributed by atoms with Crippen LogP contribution in [0, 0.1) is 6.92 Å². The number of para-hydroxylation sites is 1. The van der Waals surface area contributed by atoms with Crippen LogP contribution in [0.25, 0.3) is 10.9 Å². The summed E-state index contributed by atoms with van der Waals surface area (Å²) in [6, 6.07) is 5.10. The van der Waals surface area contributed by atoms with Gasteiger partial charge in [0.15, 0.2) is 0 Å². The van der Waals surface area contributed by atoms with E-state index in [0.29, 0.717) is 24.2 Å². The number of amides is 1. The second-order valence-corrected chi connectivity index (χ2v) is 3.87. The van der Waals surface area contributed by atoms with Crippen LogP contribution in [0.3, 0.4) is 0 Å². The molecule has 5 N–H and O–H groups in total. The normalized spacial score (nSPS) is 10.7. The molecule has 0 atom stereocenters. The van der Waals surface area contributed by atoms with Crippen molar-refractivity contribution in [3.8, 4) is 5.75 Å². The zero-order valence-corrected chi connectivity index (χ0v) is 9.58. The fraction of sp³-hybridized carbons (Fsp3) is 0.250. The Morgan fingerprint density at radius 2 is 2.29 bits per heavy atom. The van der Waals surface area contributed by atoms with E-state index in [0.717, 1.165) is 11.1 Å². The molecule has 0 saturated carbocycles. The van der Waals surface area contributed by atoms with Crippen LogP contribution in [0.15, 0.2) is 18.2 Å². The van der Waals surface area contributed by atoms with Gasteiger partial charge in [-0.1, -0.05) is 12.1 Å². The van der Waals surface area contributed by atoms with Gasteiger partial charge in [0.1, 0.15) is 5.75 Å². The second-order valence-electron chi connectivity index (χ2n) is 3.87. The van der Waals surface area contributed by atoms with E-state index in [2.05, 4.69) is 10.3 Å². The molecule has 2 aromatic rings. The molecule has 90 valence electrons. The summed E-state index contributed by atoms with van der Waals surface area (Å²) in [6.07, 6.45) is 0. The molecule has 17 heavy (non-hydrogen) atoms. The molecule has 0 fully saturated rings. The summed E-state index contributed by atoms with van der Waals surface area (Å²) in [7, 11) is 0. The lowest BCUT2D eigenvalue weighted by atomic mass is 10.1. The minimum absolute atomic E-state index is 0.142. The van der Waals surface area contributed by atoms with Crippen molar-refractivity contribution in [1.82, 2.24) is 10.3 Å². The third-order valence-electron chi connectivity index (χ3n) is 2.66. The first kappa shape index (κ1) is 11.5. The number of phenolic OH excluding ortho intramolecular Hbond substituents is 1. The number of aromatic amines is 1. The van der Waals surface area contributed by atoms with E-state index >= 15 is 0 Å². The van der Waals surface area contributed by atoms with Crippen molar-refractivity contribution in [3.05, 3.63) is 29.5 Å². The summed E-state index contributed by atoms with van der Waals surface area (Å²) < 4.78 is 0. The fourth-order valence-corrected chi connectivity index (χ4v) is 1.90. The highest BCUT2D eigenvalue weighted by Crippen LogP contribution is 2.28. The van der Waals surface area contributed by atoms with E-state index in [9.17, 15) is 9.90 Å². The number of aryl methyl sites for hydroxylation is 1. The molecule has 1 aromatic carbocycles. The highest BCUT2D eigenvalue weighted by Gasteiger charge is 2.16. The molecule has 0 unspecified atom stereocenters. The molecule has 0 aliphatic carbocycles. The predicted molar refractivity (Wildman–Crippen MR) is 66.1 cm³/mol. The monoisotopic (exact) mass is 233 g/mol. The quantitative estimate of drug-likeness (QED) is 0.634. The number of rotatable bonds is 3. The van der Waals surface area contributed by atoms with E-state index < -0.39 is 0 Å². The molecule has 0 spiro atoms. The number of fused-ring (bicyclic) bond motifs is 1. The third-order valence-corrected chi connectivity index (χ3v) is 2.66. The summed E-state index contributed by atoms with van der Waals surface area (Å²) in [5.41, 5.74) is 7.22. The Labute approximate surface area is 98.6 Å². The predicted octanol–water partition coefficient (Wildman–Crippen LogP) is 0.870. The van der Waals surface area contributed by atoms with E-state index in [1.54, 1.807) is 25.1 Å². The molecule has 2 rings (SSSR count). The Balaban J connectivity index is 2.50. The zero-order chi connectivity index (χ0) is 12.4. The van der Waals surface area contributed by atoms with Crippen LogP contribution in [0.1, 0.15) is 16.1 Å². The second kappa shape index (κ2) is 4.47. The van der Waals surface area contributed by atoms with E-state index in [4.69, 9.17) is 5.73 Å². The molecular formula is C12H15N3O2. The largest absolute Gasteiger partial charge is 0.506 e. The third kappa shape index (κ3) is 1.97. The van der Waals surface area contributed by atoms with E-state index in [1.807, 2.05) is 0 Å². The van der Waals surface area contributed by atoms with Crippen LogP contribution in [0.2, 0.25) is 0 Å². The van der Waals surface area contributed by atoms with Gasteiger partial charge in [-0.2, -0.15) is 0 Å². The van der Waals surface area contributed by atoms with Crippen LogP contribution in [0.5, 0.6) is 5.75 Å². The van der Waals surface area contributed by atoms with E-state index in [-0.39, 0.29) is 11.7 Å². The minimum Gasteiger partial charge on any atom is -0.506 e. The molecule has 5 nitrogen and oxygen atoms in total. The van der Waals surface area contributed by atoms with Crippen LogP contribution in [0.4, 0.5) is 0 Å². The van der Waals surface area contributed by atoms with Gasteiger partial charge in [0.2, 0.25) is 0 Å². The number of nitrogens with two attached hydrogens (primary N) is 1. The molecule has 1 amide bonds. The van der Waals surface area contributed by atoms with Gasteiger partial charge in [-0.3, -0.25) is 4.79 Å². The van der Waals surface area contributed by atoms with Crippen molar-refractivity contribution in [1.29, 1.82) is 0 Å². The van der Waals surface area contributed by atoms with Crippen molar-refractivity contribution in [3.63, 3.8) is 0 Å². The number of aromatic hydroxyl groups is 1. The highest BCUT2D eigenvalue weighted by atomic mass is 16.3. The average molecular weight is 233 g/mol. The summed E-state index contributed by atoms with van der Waals surface area (Å²) in [5.74, 6) is -0.0340. The highest BCUT2D eigenvalue weighted by molar-refractivity contribution is 6.09. The average Bonchev–Trinajstić information content (AvgIpc) is 2.64. The van der Waals surface area contributed by atoms with Crippen LogP contribution in [-0.4, -0.2) is 29.1 Å². The minimum atomic E-state index is -0.176. The summed E-state index contributed by atoms with van der Waals surface area (Å²) in [4.78, 5) is 15.0. The topological polar surface area (TPSA) is 91.1 Å². The molecule has 5 heteroatoms. The number of hydrogen-bond acceptors (Lipinski definition) is 3. The maximum absolute atomic E-state index is 11.9. The summed E-state index contributed by atoms with van der Waals surface area (Å²) in [6.45, 7) is 2.64. The number of carbonyl (C=O) groups excluding carboxylic acids is 1. The van der Waals surface area contributed by atoms with Gasteiger partial charge < -0.3 is 21.1 Å². The number of aromatic nitrogens is 1. The molecule has 0 radical (unpaired) electrons. The maximum atomic E-state index is 11.9. The molecule has 1 aromatic heterocycles. The Morgan fingerprint density at radius 3 is 3.00 bits per heavy atom. The Bertz CT molecular complexity index is 560. The molecule has 0 aliphatic rings. The number of carbonyl (C=O) groups is 1. The van der Waals surface area contributed by atoms with Crippen molar-refractivity contribution >= 4 is 16.8 Å². The van der Waals surface area contributed by atoms with Gasteiger partial charge in [0, 0.05) is 24.2 Å². The van der Waals surface area contributed by atoms with Gasteiger partial charge in [-0.15, -0.1) is 0 Å². The molecule has 0 aliphatic heterocycles. The Morgan fingerprint density at radius 1 is 1.53 bits per heavy atom. The molecule has 1 heterocycles. The number of benzene rings is 1. The first-order chi connectivity index (χ1) is 8.15. The fourth-order valence-electron chi connectivity index (χ4n) is 1.90. The van der Waals surface area contributed by atoms with Gasteiger partial charge in [-0.25, -0.2) is 0 Å². The number of nitrogens with one attached hydrogen (secondary N) is 2. The molecular weight excluding hydrogens is 218 g/mol. The molecule has 0 bridgehead atoms. The van der Waals surface area contributed by atoms with Crippen LogP contribution >= 0.6 is 0 Å². The van der Waals surface area contributed by atoms with Gasteiger partial charge in [-0.05, 0) is 13.0 Å². The molecule has 0 saturated heterocycles. The van der Waals surface area contributed by atoms with Crippen molar-refractivity contribution in [2.75, 3.05) is 13.1 Å². The van der Waals surface area contributed by atoms with Crippen molar-refractivity contribution < 1.29 is 9.90 Å². The zero-order valence-electron chi connectivity index (χ0n) is 9.58. The first-order valence-electron chi connectivity index (χ1n) is 5.43. The van der Waals surface area contributed by atoms with Crippen molar-refractivity contribution in [2.24, 2.45) is 5.73 Å². The Hall–Kier alpha value is -2.01. The van der Waals surface area contributed by atoms with Crippen molar-refractivity contribution in [2.45, 2.75) is 6.92 Å². The maximum Gasteiger partial charge on any atom is 0.253 e. The SMILES string of the molecule is Cc1[nH]c2c(O)cccc2c1C(=O)NCCN. The van der Waals surface area contributed by atoms with E-state index in [1.165, 1.54) is 0 Å².